The Hall–Kier alpha value is -1.26. The van der Waals surface area contributed by atoms with Crippen LogP contribution >= 0.6 is 23.4 Å². The van der Waals surface area contributed by atoms with Gasteiger partial charge in [0, 0.05) is 30.4 Å². The summed E-state index contributed by atoms with van der Waals surface area (Å²) < 4.78 is 0. The predicted molar refractivity (Wildman–Crippen MR) is 81.8 cm³/mol. The lowest BCUT2D eigenvalue weighted by atomic mass is 10.3. The molecule has 0 amide bonds. The van der Waals surface area contributed by atoms with Crippen LogP contribution < -0.4 is 5.32 Å². The summed E-state index contributed by atoms with van der Waals surface area (Å²) in [4.78, 5) is 8.62. The van der Waals surface area contributed by atoms with Crippen LogP contribution in [0.1, 0.15) is 19.0 Å². The Bertz CT molecular complexity index is 516. The second kappa shape index (κ2) is 7.36. The summed E-state index contributed by atoms with van der Waals surface area (Å²) in [5.74, 6) is 0.802. The zero-order chi connectivity index (χ0) is 13.5. The Labute approximate surface area is 122 Å². The van der Waals surface area contributed by atoms with Crippen LogP contribution in [0.25, 0.3) is 0 Å². The predicted octanol–water partition coefficient (Wildman–Crippen LogP) is 4.24. The summed E-state index contributed by atoms with van der Waals surface area (Å²) in [6.07, 6.45) is 4.61. The van der Waals surface area contributed by atoms with Gasteiger partial charge in [-0.25, -0.2) is 4.98 Å². The Morgan fingerprint density at radius 1 is 1.26 bits per heavy atom. The first-order valence-electron chi connectivity index (χ1n) is 6.21. The molecule has 100 valence electrons. The van der Waals surface area contributed by atoms with E-state index in [1.807, 2.05) is 24.4 Å². The molecular formula is C14H16ClN3S. The summed E-state index contributed by atoms with van der Waals surface area (Å²) in [5.41, 5.74) is 2.17. The number of anilines is 1. The van der Waals surface area contributed by atoms with Gasteiger partial charge < -0.3 is 5.32 Å². The highest BCUT2D eigenvalue weighted by molar-refractivity contribution is 7.98. The summed E-state index contributed by atoms with van der Waals surface area (Å²) >= 11 is 7.46. The van der Waals surface area contributed by atoms with Gasteiger partial charge in [0.2, 0.25) is 0 Å². The third-order valence-corrected chi connectivity index (χ3v) is 3.66. The third kappa shape index (κ3) is 4.73. The third-order valence-electron chi connectivity index (χ3n) is 2.46. The van der Waals surface area contributed by atoms with E-state index in [4.69, 9.17) is 11.6 Å². The summed E-state index contributed by atoms with van der Waals surface area (Å²) in [5, 5.41) is 4.98. The number of halogens is 1. The highest BCUT2D eigenvalue weighted by Crippen LogP contribution is 2.22. The Balaban J connectivity index is 1.93. The minimum Gasteiger partial charge on any atom is -0.385 e. The smallest absolute Gasteiger partial charge is 0.0964 e. The molecular weight excluding hydrogens is 278 g/mol. The molecule has 19 heavy (non-hydrogen) atoms. The van der Waals surface area contributed by atoms with Gasteiger partial charge >= 0.3 is 0 Å². The lowest BCUT2D eigenvalue weighted by molar-refractivity contribution is 0.977. The topological polar surface area (TPSA) is 37.8 Å². The number of nitrogens with one attached hydrogen (secondary N) is 1. The fourth-order valence-corrected chi connectivity index (χ4v) is 2.39. The molecule has 0 fully saturated rings. The first kappa shape index (κ1) is 14.2. The van der Waals surface area contributed by atoms with E-state index in [1.165, 1.54) is 0 Å². The number of hydrogen-bond donors (Lipinski definition) is 1. The average Bonchev–Trinajstić information content (AvgIpc) is 2.45. The molecule has 0 spiro atoms. The molecule has 3 nitrogen and oxygen atoms in total. The van der Waals surface area contributed by atoms with E-state index in [2.05, 4.69) is 28.3 Å². The van der Waals surface area contributed by atoms with Gasteiger partial charge in [-0.1, -0.05) is 18.5 Å². The number of nitrogens with zero attached hydrogens (tertiary/aromatic N) is 2. The van der Waals surface area contributed by atoms with Crippen molar-refractivity contribution in [1.82, 2.24) is 9.97 Å². The SMILES string of the molecule is CCCNc1ccnc(CSc2ccc(Cl)cn2)c1. The van der Waals surface area contributed by atoms with E-state index < -0.39 is 0 Å². The van der Waals surface area contributed by atoms with Crippen molar-refractivity contribution in [3.63, 3.8) is 0 Å². The second-order valence-corrected chi connectivity index (χ2v) is 5.50. The van der Waals surface area contributed by atoms with Gasteiger partial charge in [-0.05, 0) is 30.7 Å². The van der Waals surface area contributed by atoms with Crippen molar-refractivity contribution in [3.05, 3.63) is 47.4 Å². The lowest BCUT2D eigenvalue weighted by Gasteiger charge is -2.06. The maximum absolute atomic E-state index is 5.81. The van der Waals surface area contributed by atoms with Crippen LogP contribution in [-0.4, -0.2) is 16.5 Å². The van der Waals surface area contributed by atoms with Gasteiger partial charge in [-0.15, -0.1) is 11.8 Å². The van der Waals surface area contributed by atoms with Gasteiger partial charge in [0.1, 0.15) is 0 Å². The molecule has 0 aliphatic rings. The van der Waals surface area contributed by atoms with E-state index in [9.17, 15) is 0 Å². The van der Waals surface area contributed by atoms with Crippen molar-refractivity contribution in [2.24, 2.45) is 0 Å². The molecule has 0 saturated carbocycles. The van der Waals surface area contributed by atoms with Crippen molar-refractivity contribution >= 4 is 29.1 Å². The highest BCUT2D eigenvalue weighted by Gasteiger charge is 2.00. The standard InChI is InChI=1S/C14H16ClN3S/c1-2-6-16-12-5-7-17-13(8-12)10-19-14-4-3-11(15)9-18-14/h3-5,7-9H,2,6,10H2,1H3,(H,16,17). The number of thioether (sulfide) groups is 1. The quantitative estimate of drug-likeness (QED) is 0.808. The number of pyridine rings is 2. The number of rotatable bonds is 6. The molecule has 2 aromatic rings. The van der Waals surface area contributed by atoms with E-state index in [1.54, 1.807) is 18.0 Å². The molecule has 2 aromatic heterocycles. The fraction of sp³-hybridized carbons (Fsp3) is 0.286. The highest BCUT2D eigenvalue weighted by atomic mass is 35.5. The molecule has 0 aliphatic carbocycles. The van der Waals surface area contributed by atoms with E-state index in [0.717, 1.165) is 35.1 Å². The van der Waals surface area contributed by atoms with Crippen molar-refractivity contribution in [1.29, 1.82) is 0 Å². The maximum Gasteiger partial charge on any atom is 0.0964 e. The molecule has 5 heteroatoms. The molecule has 0 unspecified atom stereocenters. The van der Waals surface area contributed by atoms with Crippen LogP contribution in [0.5, 0.6) is 0 Å². The summed E-state index contributed by atoms with van der Waals surface area (Å²) in [6, 6.07) is 7.85. The second-order valence-electron chi connectivity index (χ2n) is 4.07. The number of aromatic nitrogens is 2. The van der Waals surface area contributed by atoms with Gasteiger partial charge in [0.15, 0.2) is 0 Å². The molecule has 0 aromatic carbocycles. The van der Waals surface area contributed by atoms with E-state index >= 15 is 0 Å². The molecule has 0 aliphatic heterocycles. The molecule has 0 atom stereocenters. The Morgan fingerprint density at radius 3 is 2.89 bits per heavy atom. The summed E-state index contributed by atoms with van der Waals surface area (Å²) in [6.45, 7) is 3.13. The molecule has 0 bridgehead atoms. The Kier molecular flexibility index (Phi) is 5.48. The van der Waals surface area contributed by atoms with Crippen molar-refractivity contribution < 1.29 is 0 Å². The monoisotopic (exact) mass is 293 g/mol. The van der Waals surface area contributed by atoms with Gasteiger partial charge in [0.25, 0.3) is 0 Å². The Morgan fingerprint density at radius 2 is 2.16 bits per heavy atom. The minimum absolute atomic E-state index is 0.660. The fourth-order valence-electron chi connectivity index (χ4n) is 1.53. The van der Waals surface area contributed by atoms with Gasteiger partial charge in [-0.3, -0.25) is 4.98 Å². The molecule has 1 N–H and O–H groups in total. The number of hydrogen-bond acceptors (Lipinski definition) is 4. The van der Waals surface area contributed by atoms with Crippen LogP contribution in [0.4, 0.5) is 5.69 Å². The van der Waals surface area contributed by atoms with Crippen LogP contribution in [0.2, 0.25) is 5.02 Å². The van der Waals surface area contributed by atoms with Gasteiger partial charge in [-0.2, -0.15) is 0 Å². The van der Waals surface area contributed by atoms with Crippen molar-refractivity contribution in [2.75, 3.05) is 11.9 Å². The van der Waals surface area contributed by atoms with E-state index in [0.29, 0.717) is 5.02 Å². The molecule has 2 rings (SSSR count). The van der Waals surface area contributed by atoms with E-state index in [-0.39, 0.29) is 0 Å². The first-order chi connectivity index (χ1) is 9.28. The summed E-state index contributed by atoms with van der Waals surface area (Å²) in [7, 11) is 0. The average molecular weight is 294 g/mol. The zero-order valence-electron chi connectivity index (χ0n) is 10.8. The largest absolute Gasteiger partial charge is 0.385 e. The molecule has 0 radical (unpaired) electrons. The first-order valence-corrected chi connectivity index (χ1v) is 7.57. The van der Waals surface area contributed by atoms with Crippen LogP contribution in [0, 0.1) is 0 Å². The van der Waals surface area contributed by atoms with Crippen LogP contribution in [-0.2, 0) is 5.75 Å². The normalized spacial score (nSPS) is 10.4. The van der Waals surface area contributed by atoms with Crippen molar-refractivity contribution in [2.45, 2.75) is 24.1 Å². The zero-order valence-corrected chi connectivity index (χ0v) is 12.3. The lowest BCUT2D eigenvalue weighted by Crippen LogP contribution is -2.00. The van der Waals surface area contributed by atoms with Crippen LogP contribution in [0.3, 0.4) is 0 Å². The van der Waals surface area contributed by atoms with Gasteiger partial charge in [0.05, 0.1) is 15.7 Å². The molecule has 0 saturated heterocycles. The van der Waals surface area contributed by atoms with Crippen LogP contribution in [0.15, 0.2) is 41.7 Å². The minimum atomic E-state index is 0.660. The maximum atomic E-state index is 5.81. The van der Waals surface area contributed by atoms with Crippen molar-refractivity contribution in [3.8, 4) is 0 Å². The molecule has 2 heterocycles.